The van der Waals surface area contributed by atoms with E-state index >= 15 is 0 Å². The predicted octanol–water partition coefficient (Wildman–Crippen LogP) is 4.09. The average molecular weight is 448 g/mol. The molecule has 1 unspecified atom stereocenters. The largest absolute Gasteiger partial charge is 0.493 e. The molecule has 168 valence electrons. The van der Waals surface area contributed by atoms with E-state index in [-0.39, 0.29) is 36.7 Å². The molecule has 0 radical (unpaired) electrons. The molecule has 4 N–H and O–H groups in total. The van der Waals surface area contributed by atoms with E-state index < -0.39 is 6.10 Å². The summed E-state index contributed by atoms with van der Waals surface area (Å²) in [4.78, 5) is 12.8. The Bertz CT molecular complexity index is 883. The predicted molar refractivity (Wildman–Crippen MR) is 124 cm³/mol. The molecule has 1 saturated carbocycles. The Balaban J connectivity index is 0.00000341. The summed E-state index contributed by atoms with van der Waals surface area (Å²) in [6.07, 6.45) is 3.88. The molecular weight excluding hydrogens is 418 g/mol. The quantitative estimate of drug-likeness (QED) is 0.374. The lowest BCUT2D eigenvalue weighted by atomic mass is 10.0. The number of nitrogens with one attached hydrogen (secondary N) is 2. The molecule has 0 saturated heterocycles. The monoisotopic (exact) mass is 447 g/mol. The first-order valence-electron chi connectivity index (χ1n) is 10.1. The number of anilines is 1. The molecule has 0 spiro atoms. The van der Waals surface area contributed by atoms with Gasteiger partial charge in [-0.05, 0) is 67.6 Å². The summed E-state index contributed by atoms with van der Waals surface area (Å²) >= 11 is 0. The van der Waals surface area contributed by atoms with Gasteiger partial charge in [0.25, 0.3) is 0 Å². The maximum atomic E-state index is 12.8. The fourth-order valence-corrected chi connectivity index (χ4v) is 3.64. The van der Waals surface area contributed by atoms with Crippen LogP contribution in [-0.4, -0.2) is 38.5 Å². The first kappa shape index (κ1) is 24.5. The summed E-state index contributed by atoms with van der Waals surface area (Å²) in [6.45, 7) is 0.1000. The van der Waals surface area contributed by atoms with E-state index in [2.05, 4.69) is 5.32 Å². The van der Waals surface area contributed by atoms with E-state index in [1.807, 2.05) is 18.2 Å². The topological polar surface area (TPSA) is 107 Å². The third-order valence-corrected chi connectivity index (χ3v) is 5.28. The number of ether oxygens (including phenoxy) is 3. The van der Waals surface area contributed by atoms with Gasteiger partial charge < -0.3 is 25.3 Å². The summed E-state index contributed by atoms with van der Waals surface area (Å²) in [6, 6.07) is 12.5. The number of nitrogens with two attached hydrogens (primary N) is 1. The van der Waals surface area contributed by atoms with Gasteiger partial charge in [0, 0.05) is 18.4 Å². The number of hydrogen-bond donors (Lipinski definition) is 3. The Morgan fingerprint density at radius 3 is 2.39 bits per heavy atom. The Morgan fingerprint density at radius 1 is 1.13 bits per heavy atom. The molecule has 0 aromatic heterocycles. The minimum absolute atomic E-state index is 0. The van der Waals surface area contributed by atoms with Crippen LogP contribution in [0.5, 0.6) is 11.5 Å². The molecular formula is C23H30ClN3O4. The molecule has 1 aliphatic carbocycles. The van der Waals surface area contributed by atoms with Crippen LogP contribution >= 0.6 is 12.4 Å². The number of ketones is 1. The maximum absolute atomic E-state index is 12.8. The van der Waals surface area contributed by atoms with Crippen molar-refractivity contribution < 1.29 is 19.0 Å². The molecule has 0 bridgehead atoms. The molecule has 7 nitrogen and oxygen atoms in total. The highest BCUT2D eigenvalue weighted by Crippen LogP contribution is 2.34. The number of Topliss-reactive ketones (excluding diaryl/α,β-unsaturated/α-hetero) is 1. The van der Waals surface area contributed by atoms with Crippen LogP contribution in [0.4, 0.5) is 5.69 Å². The van der Waals surface area contributed by atoms with E-state index in [1.165, 1.54) is 20.0 Å². The van der Waals surface area contributed by atoms with Crippen LogP contribution in [0.1, 0.15) is 42.9 Å². The van der Waals surface area contributed by atoms with Gasteiger partial charge in [0.1, 0.15) is 11.9 Å². The second-order valence-corrected chi connectivity index (χ2v) is 7.36. The molecule has 2 aromatic rings. The number of halogens is 1. The standard InChI is InChI=1S/C23H29N3O4.ClH/c1-28-20-12-9-16(13-21(20)30-18-5-3-4-6-18)22(29-2)19(27)14-26-17-10-7-15(8-11-17)23(24)25;/h7-13,18,22,26H,3-6,14H2,1-2H3,(H3,24,25);1H. The smallest absolute Gasteiger partial charge is 0.185 e. The van der Waals surface area contributed by atoms with Crippen LogP contribution < -0.4 is 20.5 Å². The van der Waals surface area contributed by atoms with Crippen molar-refractivity contribution in [3.63, 3.8) is 0 Å². The highest BCUT2D eigenvalue weighted by molar-refractivity contribution is 5.95. The normalized spacial score (nSPS) is 14.4. The van der Waals surface area contributed by atoms with Crippen molar-refractivity contribution in [2.24, 2.45) is 5.73 Å². The van der Waals surface area contributed by atoms with Crippen molar-refractivity contribution in [3.8, 4) is 11.5 Å². The maximum Gasteiger partial charge on any atom is 0.185 e. The number of amidine groups is 1. The lowest BCUT2D eigenvalue weighted by Crippen LogP contribution is -2.23. The number of carbonyl (C=O) groups is 1. The number of benzene rings is 2. The second kappa shape index (κ2) is 11.6. The molecule has 0 heterocycles. The van der Waals surface area contributed by atoms with Crippen LogP contribution in [0.15, 0.2) is 42.5 Å². The molecule has 0 amide bonds. The summed E-state index contributed by atoms with van der Waals surface area (Å²) in [5, 5.41) is 10.5. The van der Waals surface area contributed by atoms with Crippen molar-refractivity contribution in [1.82, 2.24) is 0 Å². The third-order valence-electron chi connectivity index (χ3n) is 5.28. The van der Waals surface area contributed by atoms with Crippen LogP contribution in [0.3, 0.4) is 0 Å². The van der Waals surface area contributed by atoms with Crippen LogP contribution in [0, 0.1) is 5.41 Å². The van der Waals surface area contributed by atoms with Gasteiger partial charge in [-0.3, -0.25) is 10.2 Å². The molecule has 0 aliphatic heterocycles. The van der Waals surface area contributed by atoms with Gasteiger partial charge in [-0.15, -0.1) is 12.4 Å². The van der Waals surface area contributed by atoms with Crippen molar-refractivity contribution in [2.45, 2.75) is 37.9 Å². The fraction of sp³-hybridized carbons (Fsp3) is 0.391. The first-order valence-corrected chi connectivity index (χ1v) is 10.1. The number of carbonyl (C=O) groups excluding carboxylic acids is 1. The van der Waals surface area contributed by atoms with Gasteiger partial charge in [-0.2, -0.15) is 0 Å². The van der Waals surface area contributed by atoms with Gasteiger partial charge in [-0.25, -0.2) is 0 Å². The van der Waals surface area contributed by atoms with E-state index in [0.717, 1.165) is 24.1 Å². The minimum Gasteiger partial charge on any atom is -0.493 e. The molecule has 31 heavy (non-hydrogen) atoms. The number of hydrogen-bond acceptors (Lipinski definition) is 6. The summed E-state index contributed by atoms with van der Waals surface area (Å²) in [7, 11) is 3.13. The first-order chi connectivity index (χ1) is 14.5. The van der Waals surface area contributed by atoms with Crippen molar-refractivity contribution in [3.05, 3.63) is 53.6 Å². The van der Waals surface area contributed by atoms with Crippen molar-refractivity contribution in [2.75, 3.05) is 26.1 Å². The molecule has 3 rings (SSSR count). The lowest BCUT2D eigenvalue weighted by Gasteiger charge is -2.20. The Hall–Kier alpha value is -2.77. The summed E-state index contributed by atoms with van der Waals surface area (Å²) in [5.74, 6) is 1.19. The van der Waals surface area contributed by atoms with Crippen LogP contribution in [-0.2, 0) is 9.53 Å². The molecule has 1 aliphatic rings. The molecule has 1 fully saturated rings. The second-order valence-electron chi connectivity index (χ2n) is 7.36. The Labute approximate surface area is 189 Å². The number of rotatable bonds is 10. The highest BCUT2D eigenvalue weighted by Gasteiger charge is 2.23. The van der Waals surface area contributed by atoms with E-state index in [4.69, 9.17) is 25.4 Å². The molecule has 8 heteroatoms. The van der Waals surface area contributed by atoms with E-state index in [0.29, 0.717) is 17.1 Å². The van der Waals surface area contributed by atoms with Gasteiger partial charge in [0.2, 0.25) is 0 Å². The zero-order valence-corrected chi connectivity index (χ0v) is 18.7. The zero-order chi connectivity index (χ0) is 21.5. The molecule has 2 aromatic carbocycles. The Morgan fingerprint density at radius 2 is 1.81 bits per heavy atom. The highest BCUT2D eigenvalue weighted by atomic mass is 35.5. The van der Waals surface area contributed by atoms with Crippen molar-refractivity contribution >= 4 is 29.7 Å². The molecule has 1 atom stereocenters. The SMILES string of the molecule is COc1ccc(C(OC)C(=O)CNc2ccc(C(=N)N)cc2)cc1OC1CCCC1.Cl. The minimum atomic E-state index is -0.717. The van der Waals surface area contributed by atoms with Crippen LogP contribution in [0.2, 0.25) is 0 Å². The van der Waals surface area contributed by atoms with E-state index in [1.54, 1.807) is 31.4 Å². The van der Waals surface area contributed by atoms with E-state index in [9.17, 15) is 4.79 Å². The summed E-state index contributed by atoms with van der Waals surface area (Å²) in [5.41, 5.74) is 7.59. The number of methoxy groups -OCH3 is 2. The average Bonchev–Trinajstić information content (AvgIpc) is 3.26. The lowest BCUT2D eigenvalue weighted by molar-refractivity contribution is -0.127. The fourth-order valence-electron chi connectivity index (χ4n) is 3.64. The van der Waals surface area contributed by atoms with Gasteiger partial charge in [0.05, 0.1) is 19.8 Å². The van der Waals surface area contributed by atoms with Gasteiger partial charge in [0.15, 0.2) is 17.3 Å². The van der Waals surface area contributed by atoms with Gasteiger partial charge in [-0.1, -0.05) is 6.07 Å². The third kappa shape index (κ3) is 6.35. The Kier molecular flexibility index (Phi) is 9.15. The van der Waals surface area contributed by atoms with Crippen molar-refractivity contribution in [1.29, 1.82) is 5.41 Å². The van der Waals surface area contributed by atoms with Crippen LogP contribution in [0.25, 0.3) is 0 Å². The van der Waals surface area contributed by atoms with Gasteiger partial charge >= 0.3 is 0 Å². The zero-order valence-electron chi connectivity index (χ0n) is 17.9. The summed E-state index contributed by atoms with van der Waals surface area (Å²) < 4.78 is 17.1. The number of nitrogen functional groups attached to an aromatic ring is 1.